The lowest BCUT2D eigenvalue weighted by Gasteiger charge is -2.14. The van der Waals surface area contributed by atoms with Crippen LogP contribution in [0.15, 0.2) is 24.4 Å². The molecular weight excluding hydrogens is 316 g/mol. The average molecular weight is 336 g/mol. The third kappa shape index (κ3) is 2.86. The van der Waals surface area contributed by atoms with Crippen molar-refractivity contribution in [3.05, 3.63) is 53.0 Å². The summed E-state index contributed by atoms with van der Waals surface area (Å²) in [5.74, 6) is 0.944. The zero-order chi connectivity index (χ0) is 17.6. The molecule has 7 nitrogen and oxygen atoms in total. The maximum atomic E-state index is 12.8. The fraction of sp³-hybridized carbons (Fsp3) is 0.389. The van der Waals surface area contributed by atoms with Crippen LogP contribution in [-0.2, 0) is 0 Å². The zero-order valence-corrected chi connectivity index (χ0v) is 14.6. The Morgan fingerprint density at radius 1 is 1.16 bits per heavy atom. The van der Waals surface area contributed by atoms with Gasteiger partial charge in [0.15, 0.2) is 11.3 Å². The van der Waals surface area contributed by atoms with Crippen LogP contribution in [0, 0.1) is 20.8 Å². The lowest BCUT2D eigenvalue weighted by Crippen LogP contribution is -2.29. The first-order valence-electron chi connectivity index (χ1n) is 8.44. The topological polar surface area (TPSA) is 76.3 Å². The van der Waals surface area contributed by atoms with Crippen molar-refractivity contribution >= 4 is 11.6 Å². The molecule has 0 aliphatic carbocycles. The summed E-state index contributed by atoms with van der Waals surface area (Å²) in [6.07, 6.45) is 2.65. The number of nitrogens with zero attached hydrogens (tertiary/aromatic N) is 6. The predicted octanol–water partition coefficient (Wildman–Crippen LogP) is 2.07. The SMILES string of the molecule is Cc1ccnc([C@H]2CCN(C(=O)c3cc4nc(C)cc(C)n4n3)C2)n1. The van der Waals surface area contributed by atoms with Crippen LogP contribution in [0.4, 0.5) is 0 Å². The maximum absolute atomic E-state index is 12.8. The molecule has 3 aromatic heterocycles. The van der Waals surface area contributed by atoms with Crippen LogP contribution in [0.1, 0.15) is 45.7 Å². The molecule has 0 unspecified atom stereocenters. The molecule has 0 N–H and O–H groups in total. The Balaban J connectivity index is 1.57. The summed E-state index contributed by atoms with van der Waals surface area (Å²) in [5, 5.41) is 4.44. The Bertz CT molecular complexity index is 963. The monoisotopic (exact) mass is 336 g/mol. The molecule has 0 spiro atoms. The number of rotatable bonds is 2. The molecule has 0 aromatic carbocycles. The van der Waals surface area contributed by atoms with Crippen molar-refractivity contribution in [1.29, 1.82) is 0 Å². The summed E-state index contributed by atoms with van der Waals surface area (Å²) in [6, 6.07) is 5.60. The Labute approximate surface area is 145 Å². The molecule has 0 saturated carbocycles. The second-order valence-corrected chi connectivity index (χ2v) is 6.63. The van der Waals surface area contributed by atoms with Crippen LogP contribution < -0.4 is 0 Å². The minimum absolute atomic E-state index is 0.0577. The first kappa shape index (κ1) is 15.7. The third-order valence-corrected chi connectivity index (χ3v) is 4.61. The van der Waals surface area contributed by atoms with Crippen molar-refractivity contribution in [3.63, 3.8) is 0 Å². The van der Waals surface area contributed by atoms with Gasteiger partial charge in [0, 0.05) is 48.4 Å². The van der Waals surface area contributed by atoms with Crippen LogP contribution >= 0.6 is 0 Å². The number of aromatic nitrogens is 5. The Morgan fingerprint density at radius 3 is 2.80 bits per heavy atom. The number of aryl methyl sites for hydroxylation is 3. The third-order valence-electron chi connectivity index (χ3n) is 4.61. The van der Waals surface area contributed by atoms with E-state index in [1.165, 1.54) is 0 Å². The molecule has 25 heavy (non-hydrogen) atoms. The quantitative estimate of drug-likeness (QED) is 0.716. The number of hydrogen-bond acceptors (Lipinski definition) is 5. The molecule has 4 rings (SSSR count). The molecule has 0 bridgehead atoms. The molecular formula is C18H20N6O. The zero-order valence-electron chi connectivity index (χ0n) is 14.6. The van der Waals surface area contributed by atoms with Gasteiger partial charge in [-0.3, -0.25) is 4.79 Å². The van der Waals surface area contributed by atoms with E-state index in [9.17, 15) is 4.79 Å². The van der Waals surface area contributed by atoms with Crippen molar-refractivity contribution in [2.45, 2.75) is 33.1 Å². The fourth-order valence-electron chi connectivity index (χ4n) is 3.37. The molecule has 1 saturated heterocycles. The molecule has 1 aliphatic heterocycles. The van der Waals surface area contributed by atoms with Crippen LogP contribution in [0.2, 0.25) is 0 Å². The van der Waals surface area contributed by atoms with E-state index in [1.807, 2.05) is 37.8 Å². The average Bonchev–Trinajstić information content (AvgIpc) is 3.21. The van der Waals surface area contributed by atoms with Crippen molar-refractivity contribution in [1.82, 2.24) is 29.5 Å². The molecule has 1 fully saturated rings. The summed E-state index contributed by atoms with van der Waals surface area (Å²) >= 11 is 0. The number of carbonyl (C=O) groups is 1. The Morgan fingerprint density at radius 2 is 2.00 bits per heavy atom. The second-order valence-electron chi connectivity index (χ2n) is 6.63. The molecule has 4 heterocycles. The number of amides is 1. The molecule has 1 amide bonds. The molecule has 1 aliphatic rings. The lowest BCUT2D eigenvalue weighted by atomic mass is 10.1. The smallest absolute Gasteiger partial charge is 0.274 e. The molecule has 0 radical (unpaired) electrons. The summed E-state index contributed by atoms with van der Waals surface area (Å²) in [6.45, 7) is 7.18. The van der Waals surface area contributed by atoms with E-state index >= 15 is 0 Å². The van der Waals surface area contributed by atoms with Gasteiger partial charge >= 0.3 is 0 Å². The highest BCUT2D eigenvalue weighted by atomic mass is 16.2. The van der Waals surface area contributed by atoms with Crippen molar-refractivity contribution in [2.75, 3.05) is 13.1 Å². The normalized spacial score (nSPS) is 17.4. The minimum Gasteiger partial charge on any atom is -0.336 e. The van der Waals surface area contributed by atoms with E-state index in [-0.39, 0.29) is 11.8 Å². The van der Waals surface area contributed by atoms with Gasteiger partial charge in [0.1, 0.15) is 5.82 Å². The number of fused-ring (bicyclic) bond motifs is 1. The fourth-order valence-corrected chi connectivity index (χ4v) is 3.37. The van der Waals surface area contributed by atoms with Crippen LogP contribution in [0.5, 0.6) is 0 Å². The van der Waals surface area contributed by atoms with Gasteiger partial charge in [0.05, 0.1) is 0 Å². The van der Waals surface area contributed by atoms with Gasteiger partial charge in [0.25, 0.3) is 5.91 Å². The lowest BCUT2D eigenvalue weighted by molar-refractivity contribution is 0.0784. The largest absolute Gasteiger partial charge is 0.336 e. The summed E-state index contributed by atoms with van der Waals surface area (Å²) in [5.41, 5.74) is 3.98. The van der Waals surface area contributed by atoms with Crippen LogP contribution in [0.3, 0.4) is 0 Å². The van der Waals surface area contributed by atoms with Gasteiger partial charge < -0.3 is 4.90 Å². The Hall–Kier alpha value is -2.83. The minimum atomic E-state index is -0.0577. The number of carbonyl (C=O) groups excluding carboxylic acids is 1. The van der Waals surface area contributed by atoms with Crippen molar-refractivity contribution < 1.29 is 4.79 Å². The first-order chi connectivity index (χ1) is 12.0. The van der Waals surface area contributed by atoms with Crippen LogP contribution in [0.25, 0.3) is 5.65 Å². The van der Waals surface area contributed by atoms with Gasteiger partial charge in [-0.25, -0.2) is 19.5 Å². The van der Waals surface area contributed by atoms with Crippen molar-refractivity contribution in [2.24, 2.45) is 0 Å². The van der Waals surface area contributed by atoms with E-state index in [0.29, 0.717) is 24.4 Å². The highest BCUT2D eigenvalue weighted by Crippen LogP contribution is 2.26. The predicted molar refractivity (Wildman–Crippen MR) is 92.5 cm³/mol. The second kappa shape index (κ2) is 5.91. The van der Waals surface area contributed by atoms with Gasteiger partial charge in [-0.15, -0.1) is 0 Å². The summed E-state index contributed by atoms with van der Waals surface area (Å²) in [7, 11) is 0. The van der Waals surface area contributed by atoms with E-state index in [4.69, 9.17) is 0 Å². The van der Waals surface area contributed by atoms with Gasteiger partial charge in [0.2, 0.25) is 0 Å². The summed E-state index contributed by atoms with van der Waals surface area (Å²) < 4.78 is 1.72. The highest BCUT2D eigenvalue weighted by molar-refractivity contribution is 5.93. The molecule has 128 valence electrons. The molecule has 7 heteroatoms. The maximum Gasteiger partial charge on any atom is 0.274 e. The van der Waals surface area contributed by atoms with Gasteiger partial charge in [-0.05, 0) is 39.3 Å². The molecule has 1 atom stereocenters. The standard InChI is InChI=1S/C18H20N6O/c1-11-4-6-19-17(21-11)14-5-7-23(10-14)18(25)15-9-16-20-12(2)8-13(3)24(16)22-15/h4,6,8-9,14H,5,7,10H2,1-3H3/t14-/m0/s1. The van der Waals surface area contributed by atoms with Crippen molar-refractivity contribution in [3.8, 4) is 0 Å². The van der Waals surface area contributed by atoms with E-state index in [1.54, 1.807) is 16.8 Å². The van der Waals surface area contributed by atoms with Crippen LogP contribution in [-0.4, -0.2) is 48.5 Å². The van der Waals surface area contributed by atoms with E-state index < -0.39 is 0 Å². The summed E-state index contributed by atoms with van der Waals surface area (Å²) in [4.78, 5) is 28.0. The van der Waals surface area contributed by atoms with Gasteiger partial charge in [-0.1, -0.05) is 0 Å². The van der Waals surface area contributed by atoms with E-state index in [2.05, 4.69) is 20.1 Å². The Kier molecular flexibility index (Phi) is 3.71. The first-order valence-corrected chi connectivity index (χ1v) is 8.44. The highest BCUT2D eigenvalue weighted by Gasteiger charge is 2.31. The van der Waals surface area contributed by atoms with E-state index in [0.717, 1.165) is 29.3 Å². The molecule has 3 aromatic rings. The van der Waals surface area contributed by atoms with Gasteiger partial charge in [-0.2, -0.15) is 5.10 Å². The number of hydrogen-bond donors (Lipinski definition) is 0. The number of likely N-dealkylation sites (tertiary alicyclic amines) is 1.